The maximum absolute atomic E-state index is 11.6. The van der Waals surface area contributed by atoms with Crippen molar-refractivity contribution in [2.45, 2.75) is 20.3 Å². The minimum absolute atomic E-state index is 0.0326. The third kappa shape index (κ3) is 8.03. The number of nitrogens with zero attached hydrogens (tertiary/aromatic N) is 1. The molecule has 2 amide bonds. The molecule has 0 aliphatic heterocycles. The molecule has 0 aromatic carbocycles. The number of methoxy groups -OCH3 is 1. The highest BCUT2D eigenvalue weighted by atomic mass is 16.5. The van der Waals surface area contributed by atoms with Crippen molar-refractivity contribution >= 4 is 11.8 Å². The zero-order valence-corrected chi connectivity index (χ0v) is 11.6. The molecule has 6 nitrogen and oxygen atoms in total. The highest BCUT2D eigenvalue weighted by molar-refractivity contribution is 5.78. The van der Waals surface area contributed by atoms with E-state index < -0.39 is 0 Å². The molecule has 0 rings (SSSR count). The topological polar surface area (TPSA) is 70.7 Å². The lowest BCUT2D eigenvalue weighted by Crippen LogP contribution is -2.39. The number of rotatable bonds is 10. The van der Waals surface area contributed by atoms with Crippen LogP contribution in [-0.2, 0) is 14.3 Å². The van der Waals surface area contributed by atoms with Crippen LogP contribution in [-0.4, -0.2) is 63.2 Å². The van der Waals surface area contributed by atoms with Gasteiger partial charge in [-0.05, 0) is 13.8 Å². The summed E-state index contributed by atoms with van der Waals surface area (Å²) in [6.07, 6.45) is 0.370. The van der Waals surface area contributed by atoms with Crippen molar-refractivity contribution in [2.75, 3.05) is 46.4 Å². The number of amides is 2. The van der Waals surface area contributed by atoms with Gasteiger partial charge in [-0.3, -0.25) is 9.59 Å². The van der Waals surface area contributed by atoms with E-state index >= 15 is 0 Å². The van der Waals surface area contributed by atoms with E-state index in [2.05, 4.69) is 10.6 Å². The van der Waals surface area contributed by atoms with Gasteiger partial charge >= 0.3 is 0 Å². The number of carbonyl (C=O) groups is 2. The van der Waals surface area contributed by atoms with E-state index in [1.165, 1.54) is 0 Å². The molecule has 0 fully saturated rings. The zero-order valence-electron chi connectivity index (χ0n) is 11.6. The predicted molar refractivity (Wildman–Crippen MR) is 70.3 cm³/mol. The summed E-state index contributed by atoms with van der Waals surface area (Å²) in [5, 5.41) is 5.69. The number of ether oxygens (including phenoxy) is 1. The molecule has 6 heteroatoms. The largest absolute Gasteiger partial charge is 0.383 e. The molecule has 0 aliphatic carbocycles. The van der Waals surface area contributed by atoms with Crippen LogP contribution < -0.4 is 10.6 Å². The van der Waals surface area contributed by atoms with Gasteiger partial charge in [-0.1, -0.05) is 0 Å². The maximum atomic E-state index is 11.6. The first kappa shape index (κ1) is 16.9. The monoisotopic (exact) mass is 259 g/mol. The number of hydrogen-bond acceptors (Lipinski definition) is 4. The van der Waals surface area contributed by atoms with Gasteiger partial charge in [0.25, 0.3) is 0 Å². The third-order valence-corrected chi connectivity index (χ3v) is 2.55. The predicted octanol–water partition coefficient (Wildman–Crippen LogP) is -0.403. The summed E-state index contributed by atoms with van der Waals surface area (Å²) in [5.74, 6) is 0.0367. The molecule has 0 heterocycles. The first-order chi connectivity index (χ1) is 8.65. The van der Waals surface area contributed by atoms with E-state index in [1.54, 1.807) is 12.0 Å². The summed E-state index contributed by atoms with van der Waals surface area (Å²) in [7, 11) is 1.59. The molecule has 0 aromatic rings. The quantitative estimate of drug-likeness (QED) is 0.524. The fourth-order valence-electron chi connectivity index (χ4n) is 1.47. The smallest absolute Gasteiger partial charge is 0.236 e. The molecule has 0 bridgehead atoms. The van der Waals surface area contributed by atoms with Crippen LogP contribution in [0.3, 0.4) is 0 Å². The van der Waals surface area contributed by atoms with Crippen LogP contribution in [0, 0.1) is 0 Å². The van der Waals surface area contributed by atoms with Gasteiger partial charge in [0.1, 0.15) is 0 Å². The van der Waals surface area contributed by atoms with Crippen LogP contribution in [0.2, 0.25) is 0 Å². The van der Waals surface area contributed by atoms with Crippen LogP contribution >= 0.6 is 0 Å². The fraction of sp³-hybridized carbons (Fsp3) is 0.833. The van der Waals surface area contributed by atoms with Crippen LogP contribution in [0.25, 0.3) is 0 Å². The SMILES string of the molecule is CCN(CC)C(=O)CNCCC(=O)NCCOC. The van der Waals surface area contributed by atoms with Crippen LogP contribution in [0.15, 0.2) is 0 Å². The third-order valence-electron chi connectivity index (χ3n) is 2.55. The molecule has 2 N–H and O–H groups in total. The van der Waals surface area contributed by atoms with E-state index in [4.69, 9.17) is 4.74 Å². The van der Waals surface area contributed by atoms with Gasteiger partial charge in [0.15, 0.2) is 0 Å². The Hall–Kier alpha value is -1.14. The lowest BCUT2D eigenvalue weighted by atomic mass is 10.3. The molecule has 0 saturated carbocycles. The van der Waals surface area contributed by atoms with Crippen molar-refractivity contribution in [2.24, 2.45) is 0 Å². The second-order valence-corrected chi connectivity index (χ2v) is 3.84. The van der Waals surface area contributed by atoms with E-state index in [1.807, 2.05) is 13.8 Å². The average Bonchev–Trinajstić information content (AvgIpc) is 2.36. The van der Waals surface area contributed by atoms with Gasteiger partial charge in [0.2, 0.25) is 11.8 Å². The highest BCUT2D eigenvalue weighted by Gasteiger charge is 2.08. The minimum Gasteiger partial charge on any atom is -0.383 e. The molecule has 18 heavy (non-hydrogen) atoms. The number of hydrogen-bond donors (Lipinski definition) is 2. The first-order valence-corrected chi connectivity index (χ1v) is 6.39. The molecule has 0 spiro atoms. The Morgan fingerprint density at radius 3 is 2.39 bits per heavy atom. The Morgan fingerprint density at radius 1 is 1.17 bits per heavy atom. The molecule has 0 aromatic heterocycles. The average molecular weight is 259 g/mol. The van der Waals surface area contributed by atoms with Crippen molar-refractivity contribution in [1.29, 1.82) is 0 Å². The van der Waals surface area contributed by atoms with E-state index in [9.17, 15) is 9.59 Å². The number of likely N-dealkylation sites (N-methyl/N-ethyl adjacent to an activating group) is 1. The Balaban J connectivity index is 3.54. The maximum Gasteiger partial charge on any atom is 0.236 e. The van der Waals surface area contributed by atoms with E-state index in [0.717, 1.165) is 0 Å². The number of carbonyl (C=O) groups excluding carboxylic acids is 2. The fourth-order valence-corrected chi connectivity index (χ4v) is 1.47. The van der Waals surface area contributed by atoms with Crippen LogP contribution in [0.5, 0.6) is 0 Å². The van der Waals surface area contributed by atoms with Crippen LogP contribution in [0.4, 0.5) is 0 Å². The molecule has 0 atom stereocenters. The van der Waals surface area contributed by atoms with E-state index in [0.29, 0.717) is 39.2 Å². The summed E-state index contributed by atoms with van der Waals surface area (Å²) >= 11 is 0. The molecule has 0 unspecified atom stereocenters. The van der Waals surface area contributed by atoms with Crippen molar-refractivity contribution in [3.8, 4) is 0 Å². The lowest BCUT2D eigenvalue weighted by Gasteiger charge is -2.18. The second-order valence-electron chi connectivity index (χ2n) is 3.84. The summed E-state index contributed by atoms with van der Waals surface area (Å²) in [6, 6.07) is 0. The van der Waals surface area contributed by atoms with Gasteiger partial charge in [-0.2, -0.15) is 0 Å². The van der Waals surface area contributed by atoms with Gasteiger partial charge in [0.05, 0.1) is 13.2 Å². The van der Waals surface area contributed by atoms with Gasteiger partial charge < -0.3 is 20.3 Å². The number of nitrogens with one attached hydrogen (secondary N) is 2. The Labute approximate surface area is 109 Å². The molecule has 0 aliphatic rings. The molecule has 0 radical (unpaired) electrons. The van der Waals surface area contributed by atoms with Crippen molar-refractivity contribution in [3.05, 3.63) is 0 Å². The van der Waals surface area contributed by atoms with Crippen molar-refractivity contribution < 1.29 is 14.3 Å². The molecular weight excluding hydrogens is 234 g/mol. The molecule has 106 valence electrons. The lowest BCUT2D eigenvalue weighted by molar-refractivity contribution is -0.130. The van der Waals surface area contributed by atoms with Crippen molar-refractivity contribution in [1.82, 2.24) is 15.5 Å². The Bertz CT molecular complexity index is 243. The van der Waals surface area contributed by atoms with Gasteiger partial charge in [-0.25, -0.2) is 0 Å². The van der Waals surface area contributed by atoms with E-state index in [-0.39, 0.29) is 18.4 Å². The van der Waals surface area contributed by atoms with Gasteiger partial charge in [-0.15, -0.1) is 0 Å². The highest BCUT2D eigenvalue weighted by Crippen LogP contribution is 1.87. The molecular formula is C12H25N3O3. The summed E-state index contributed by atoms with van der Waals surface area (Å²) < 4.78 is 4.82. The normalized spacial score (nSPS) is 10.2. The summed E-state index contributed by atoms with van der Waals surface area (Å²) in [4.78, 5) is 24.7. The van der Waals surface area contributed by atoms with Gasteiger partial charge in [0, 0.05) is 39.7 Å². The summed E-state index contributed by atoms with van der Waals surface area (Å²) in [6.45, 7) is 7.16. The minimum atomic E-state index is -0.0326. The van der Waals surface area contributed by atoms with Crippen LogP contribution in [0.1, 0.15) is 20.3 Å². The standard InChI is InChI=1S/C12H25N3O3/c1-4-15(5-2)12(17)10-13-7-6-11(16)14-8-9-18-3/h13H,4-10H2,1-3H3,(H,14,16). The Kier molecular flexibility index (Phi) is 10.3. The van der Waals surface area contributed by atoms with Crippen molar-refractivity contribution in [3.63, 3.8) is 0 Å². The molecule has 0 saturated heterocycles. The Morgan fingerprint density at radius 2 is 1.83 bits per heavy atom. The summed E-state index contributed by atoms with van der Waals surface area (Å²) in [5.41, 5.74) is 0. The zero-order chi connectivity index (χ0) is 13.8. The first-order valence-electron chi connectivity index (χ1n) is 6.39. The second kappa shape index (κ2) is 11.0.